The van der Waals surface area contributed by atoms with E-state index in [0.717, 1.165) is 7.14 Å². The Morgan fingerprint density at radius 1 is 0.577 bits per heavy atom. The lowest BCUT2D eigenvalue weighted by molar-refractivity contribution is 0.0990. The molecule has 2 N–H and O–H groups in total. The monoisotopic (exact) mass is 568 g/mol. The van der Waals surface area contributed by atoms with Gasteiger partial charge in [-0.05, 0) is 106 Å². The maximum atomic E-state index is 12.6. The highest BCUT2D eigenvalue weighted by Gasteiger charge is 2.17. The minimum absolute atomic E-state index is 0.320. The maximum Gasteiger partial charge on any atom is 0.256 e. The van der Waals surface area contributed by atoms with E-state index in [9.17, 15) is 9.59 Å². The Morgan fingerprint density at radius 2 is 0.923 bits per heavy atom. The molecule has 0 aromatic heterocycles. The summed E-state index contributed by atoms with van der Waals surface area (Å²) in [6, 6.07) is 21.7. The Balaban J connectivity index is 1.80. The fraction of sp³-hybridized carbons (Fsp3) is 0. The van der Waals surface area contributed by atoms with E-state index in [1.807, 2.05) is 48.5 Å². The van der Waals surface area contributed by atoms with Gasteiger partial charge in [0, 0.05) is 18.5 Å². The first-order valence-corrected chi connectivity index (χ1v) is 9.91. The Hall–Kier alpha value is -1.94. The number of carbonyl (C=O) groups is 2. The number of hydrogen-bond acceptors (Lipinski definition) is 2. The molecule has 3 rings (SSSR count). The van der Waals surface area contributed by atoms with Gasteiger partial charge in [-0.2, -0.15) is 0 Å². The van der Waals surface area contributed by atoms with Crippen LogP contribution in [0.5, 0.6) is 0 Å². The van der Waals surface area contributed by atoms with Gasteiger partial charge in [-0.25, -0.2) is 0 Å². The lowest BCUT2D eigenvalue weighted by Crippen LogP contribution is -2.20. The van der Waals surface area contributed by atoms with Crippen LogP contribution < -0.4 is 10.6 Å². The molecule has 2 amide bonds. The van der Waals surface area contributed by atoms with Crippen molar-refractivity contribution in [2.24, 2.45) is 0 Å². The summed E-state index contributed by atoms with van der Waals surface area (Å²) in [4.78, 5) is 25.3. The number of nitrogens with one attached hydrogen (secondary N) is 2. The van der Waals surface area contributed by atoms with Gasteiger partial charge >= 0.3 is 0 Å². The van der Waals surface area contributed by atoms with Gasteiger partial charge in [0.2, 0.25) is 0 Å². The van der Waals surface area contributed by atoms with Crippen molar-refractivity contribution in [2.45, 2.75) is 0 Å². The highest BCUT2D eigenvalue weighted by Crippen LogP contribution is 2.17. The molecule has 26 heavy (non-hydrogen) atoms. The van der Waals surface area contributed by atoms with Crippen molar-refractivity contribution in [3.8, 4) is 0 Å². The van der Waals surface area contributed by atoms with E-state index in [1.165, 1.54) is 0 Å². The van der Waals surface area contributed by atoms with Crippen LogP contribution in [0.3, 0.4) is 0 Å². The number of hydrogen-bond donors (Lipinski definition) is 2. The minimum atomic E-state index is -0.320. The molecule has 130 valence electrons. The van der Waals surface area contributed by atoms with Crippen LogP contribution in [-0.2, 0) is 0 Å². The molecule has 0 saturated carbocycles. The summed E-state index contributed by atoms with van der Waals surface area (Å²) in [5.41, 5.74) is 2.02. The van der Waals surface area contributed by atoms with Gasteiger partial charge in [-0.3, -0.25) is 9.59 Å². The smallest absolute Gasteiger partial charge is 0.256 e. The second kappa shape index (κ2) is 8.63. The topological polar surface area (TPSA) is 58.2 Å². The van der Waals surface area contributed by atoms with E-state index in [-0.39, 0.29) is 11.8 Å². The first kappa shape index (κ1) is 18.8. The maximum absolute atomic E-state index is 12.6. The van der Waals surface area contributed by atoms with Gasteiger partial charge in [0.15, 0.2) is 0 Å². The molecule has 0 aliphatic heterocycles. The van der Waals surface area contributed by atoms with Crippen LogP contribution in [0.15, 0.2) is 72.8 Å². The molecule has 0 saturated heterocycles. The van der Waals surface area contributed by atoms with Crippen LogP contribution in [0.4, 0.5) is 11.4 Å². The van der Waals surface area contributed by atoms with E-state index in [1.54, 1.807) is 24.3 Å². The molecule has 6 heteroatoms. The van der Waals surface area contributed by atoms with E-state index < -0.39 is 0 Å². The Bertz CT molecular complexity index is 860. The molecule has 3 aromatic rings. The molecule has 0 heterocycles. The zero-order valence-corrected chi connectivity index (χ0v) is 17.8. The first-order valence-electron chi connectivity index (χ1n) is 7.76. The summed E-state index contributed by atoms with van der Waals surface area (Å²) in [6.45, 7) is 0. The molecule has 4 nitrogen and oxygen atoms in total. The SMILES string of the molecule is O=C(Nc1ccc(I)cc1)c1ccccc1C(=O)Nc1ccc(I)cc1. The molecule has 3 aromatic carbocycles. The lowest BCUT2D eigenvalue weighted by atomic mass is 10.1. The predicted molar refractivity (Wildman–Crippen MR) is 121 cm³/mol. The highest BCUT2D eigenvalue weighted by molar-refractivity contribution is 14.1. The summed E-state index contributed by atoms with van der Waals surface area (Å²) >= 11 is 4.40. The van der Waals surface area contributed by atoms with Crippen molar-refractivity contribution < 1.29 is 9.59 Å². The summed E-state index contributed by atoms with van der Waals surface area (Å²) in [6.07, 6.45) is 0. The van der Waals surface area contributed by atoms with Crippen LogP contribution in [0, 0.1) is 7.14 Å². The highest BCUT2D eigenvalue weighted by atomic mass is 127. The quantitative estimate of drug-likeness (QED) is 0.415. The predicted octanol–water partition coefficient (Wildman–Crippen LogP) is 5.40. The van der Waals surface area contributed by atoms with Crippen molar-refractivity contribution in [1.82, 2.24) is 0 Å². The zero-order valence-electron chi connectivity index (χ0n) is 13.5. The number of amides is 2. The number of carbonyl (C=O) groups excluding carboxylic acids is 2. The van der Waals surface area contributed by atoms with Crippen LogP contribution in [0.25, 0.3) is 0 Å². The third kappa shape index (κ3) is 4.82. The normalized spacial score (nSPS) is 10.2. The Labute approximate surface area is 178 Å². The van der Waals surface area contributed by atoms with E-state index in [2.05, 4.69) is 55.8 Å². The zero-order chi connectivity index (χ0) is 18.5. The second-order valence-corrected chi connectivity index (χ2v) is 7.96. The van der Waals surface area contributed by atoms with Gasteiger partial charge in [0.05, 0.1) is 11.1 Å². The number of halogens is 2. The fourth-order valence-corrected chi connectivity index (χ4v) is 3.06. The largest absolute Gasteiger partial charge is 0.322 e. The summed E-state index contributed by atoms with van der Waals surface area (Å²) in [5.74, 6) is -0.640. The third-order valence-corrected chi connectivity index (χ3v) is 5.06. The fourth-order valence-electron chi connectivity index (χ4n) is 2.34. The third-order valence-electron chi connectivity index (χ3n) is 3.62. The summed E-state index contributed by atoms with van der Waals surface area (Å²) in [7, 11) is 0. The Morgan fingerprint density at radius 3 is 1.27 bits per heavy atom. The number of rotatable bonds is 4. The van der Waals surface area contributed by atoms with Crippen LogP contribution >= 0.6 is 45.2 Å². The summed E-state index contributed by atoms with van der Waals surface area (Å²) < 4.78 is 2.16. The van der Waals surface area contributed by atoms with Crippen molar-refractivity contribution in [1.29, 1.82) is 0 Å². The molecule has 0 bridgehead atoms. The number of benzene rings is 3. The Kier molecular flexibility index (Phi) is 6.25. The van der Waals surface area contributed by atoms with Crippen LogP contribution in [0.1, 0.15) is 20.7 Å². The first-order chi connectivity index (χ1) is 12.5. The molecule has 0 aliphatic rings. The van der Waals surface area contributed by atoms with Crippen molar-refractivity contribution in [2.75, 3.05) is 10.6 Å². The van der Waals surface area contributed by atoms with E-state index in [4.69, 9.17) is 0 Å². The average Bonchev–Trinajstić information content (AvgIpc) is 2.65. The minimum Gasteiger partial charge on any atom is -0.322 e. The summed E-state index contributed by atoms with van der Waals surface area (Å²) in [5, 5.41) is 5.66. The number of anilines is 2. The molecule has 0 radical (unpaired) electrons. The molecule has 0 spiro atoms. The van der Waals surface area contributed by atoms with Crippen LogP contribution in [-0.4, -0.2) is 11.8 Å². The van der Waals surface area contributed by atoms with Crippen molar-refractivity contribution in [3.63, 3.8) is 0 Å². The van der Waals surface area contributed by atoms with E-state index >= 15 is 0 Å². The average molecular weight is 568 g/mol. The van der Waals surface area contributed by atoms with E-state index in [0.29, 0.717) is 22.5 Å². The molecule has 0 aliphatic carbocycles. The van der Waals surface area contributed by atoms with Gasteiger partial charge in [-0.15, -0.1) is 0 Å². The molecular weight excluding hydrogens is 554 g/mol. The van der Waals surface area contributed by atoms with Crippen molar-refractivity contribution in [3.05, 3.63) is 91.1 Å². The van der Waals surface area contributed by atoms with Crippen molar-refractivity contribution >= 4 is 68.4 Å². The second-order valence-electron chi connectivity index (χ2n) is 5.47. The lowest BCUT2D eigenvalue weighted by Gasteiger charge is -2.11. The molecule has 0 unspecified atom stereocenters. The molecule has 0 fully saturated rings. The standard InChI is InChI=1S/C20H14I2N2O2/c21-13-5-9-15(10-6-13)23-19(25)17-3-1-2-4-18(17)20(26)24-16-11-7-14(22)8-12-16/h1-12H,(H,23,25)(H,24,26). The van der Waals surface area contributed by atoms with Gasteiger partial charge in [-0.1, -0.05) is 12.1 Å². The molecule has 0 atom stereocenters. The van der Waals surface area contributed by atoms with Gasteiger partial charge < -0.3 is 10.6 Å². The van der Waals surface area contributed by atoms with Gasteiger partial charge in [0.1, 0.15) is 0 Å². The van der Waals surface area contributed by atoms with Crippen LogP contribution in [0.2, 0.25) is 0 Å². The van der Waals surface area contributed by atoms with Gasteiger partial charge in [0.25, 0.3) is 11.8 Å². The molecular formula is C20H14I2N2O2.